The number of amides is 2. The molecular weight excluding hydrogens is 455 g/mol. The van der Waals surface area contributed by atoms with E-state index < -0.39 is 0 Å². The summed E-state index contributed by atoms with van der Waals surface area (Å²) in [5.74, 6) is -0.487. The lowest BCUT2D eigenvalue weighted by atomic mass is 10.1. The van der Waals surface area contributed by atoms with Crippen LogP contribution in [-0.4, -0.2) is 48.5 Å². The fourth-order valence-corrected chi connectivity index (χ4v) is 3.77. The first-order chi connectivity index (χ1) is 14.8. The molecule has 2 aromatic carbocycles. The molecule has 1 N–H and O–H groups in total. The van der Waals surface area contributed by atoms with Crippen molar-refractivity contribution < 1.29 is 9.59 Å². The number of benzene rings is 2. The largest absolute Gasteiger partial charge is 0.351 e. The Balaban J connectivity index is 1.70. The van der Waals surface area contributed by atoms with Crippen molar-refractivity contribution in [2.24, 2.45) is 4.99 Å². The minimum absolute atomic E-state index is 0.0977. The molecule has 0 aliphatic heterocycles. The van der Waals surface area contributed by atoms with Crippen molar-refractivity contribution in [3.8, 4) is 0 Å². The molecule has 0 aliphatic carbocycles. The highest BCUT2D eigenvalue weighted by Crippen LogP contribution is 2.22. The maximum Gasteiger partial charge on any atom is 0.279 e. The normalized spacial score (nSPS) is 11.7. The summed E-state index contributed by atoms with van der Waals surface area (Å²) in [6.07, 6.45) is 1.87. The van der Waals surface area contributed by atoms with Crippen molar-refractivity contribution >= 4 is 46.4 Å². The Morgan fingerprint density at radius 3 is 2.45 bits per heavy atom. The molecular formula is C22H22Cl2N4O2S. The molecule has 3 aromatic rings. The van der Waals surface area contributed by atoms with Crippen LogP contribution in [0.5, 0.6) is 0 Å². The molecule has 0 saturated carbocycles. The fraction of sp³-hybridized carbons (Fsp3) is 0.227. The van der Waals surface area contributed by atoms with Gasteiger partial charge in [0.25, 0.3) is 11.8 Å². The molecule has 0 unspecified atom stereocenters. The number of nitrogens with zero attached hydrogens (tertiary/aromatic N) is 3. The third-order valence-corrected chi connectivity index (χ3v) is 5.97. The van der Waals surface area contributed by atoms with E-state index in [2.05, 4.69) is 10.3 Å². The first kappa shape index (κ1) is 23.2. The molecule has 1 heterocycles. The Morgan fingerprint density at radius 1 is 1.06 bits per heavy atom. The van der Waals surface area contributed by atoms with E-state index in [1.165, 1.54) is 17.4 Å². The molecule has 0 aliphatic rings. The van der Waals surface area contributed by atoms with Gasteiger partial charge in [0.2, 0.25) is 0 Å². The number of likely N-dealkylation sites (N-methyl/N-ethyl adjacent to an activating group) is 1. The zero-order valence-corrected chi connectivity index (χ0v) is 19.5. The fourth-order valence-electron chi connectivity index (χ4n) is 2.74. The van der Waals surface area contributed by atoms with Gasteiger partial charge in [-0.05, 0) is 50.0 Å². The van der Waals surface area contributed by atoms with Crippen LogP contribution < -0.4 is 10.1 Å². The van der Waals surface area contributed by atoms with Crippen LogP contribution in [-0.2, 0) is 6.54 Å². The van der Waals surface area contributed by atoms with E-state index in [9.17, 15) is 9.59 Å². The Hall–Kier alpha value is -2.45. The van der Waals surface area contributed by atoms with E-state index in [4.69, 9.17) is 23.2 Å². The van der Waals surface area contributed by atoms with Gasteiger partial charge in [-0.15, -0.1) is 11.3 Å². The van der Waals surface area contributed by atoms with Gasteiger partial charge in [-0.3, -0.25) is 9.59 Å². The van der Waals surface area contributed by atoms with Gasteiger partial charge < -0.3 is 14.8 Å². The first-order valence-electron chi connectivity index (χ1n) is 9.53. The third kappa shape index (κ3) is 6.51. The number of nitrogens with one attached hydrogen (secondary N) is 1. The average molecular weight is 477 g/mol. The number of carbonyl (C=O) groups is 2. The minimum Gasteiger partial charge on any atom is -0.351 e. The lowest BCUT2D eigenvalue weighted by Gasteiger charge is -2.10. The average Bonchev–Trinajstić information content (AvgIpc) is 3.16. The second kappa shape index (κ2) is 10.7. The lowest BCUT2D eigenvalue weighted by molar-refractivity contribution is 0.0949. The first-order valence-corrected chi connectivity index (χ1v) is 11.2. The molecule has 2 amide bonds. The lowest BCUT2D eigenvalue weighted by Crippen LogP contribution is -2.31. The molecule has 0 fully saturated rings. The maximum atomic E-state index is 12.5. The summed E-state index contributed by atoms with van der Waals surface area (Å²) in [6, 6.07) is 12.1. The van der Waals surface area contributed by atoms with Crippen LogP contribution in [0.15, 0.2) is 59.0 Å². The zero-order valence-electron chi connectivity index (χ0n) is 17.1. The van der Waals surface area contributed by atoms with Gasteiger partial charge in [-0.2, -0.15) is 4.99 Å². The van der Waals surface area contributed by atoms with E-state index in [0.717, 1.165) is 12.1 Å². The van der Waals surface area contributed by atoms with Crippen LogP contribution in [0, 0.1) is 0 Å². The molecule has 0 bridgehead atoms. The summed E-state index contributed by atoms with van der Waals surface area (Å²) in [6.45, 7) is 1.90. The van der Waals surface area contributed by atoms with E-state index in [-0.39, 0.29) is 11.8 Å². The van der Waals surface area contributed by atoms with Crippen molar-refractivity contribution in [1.29, 1.82) is 0 Å². The Bertz CT molecular complexity index is 1140. The molecule has 1 aromatic heterocycles. The summed E-state index contributed by atoms with van der Waals surface area (Å²) < 4.78 is 1.88. The van der Waals surface area contributed by atoms with Gasteiger partial charge in [0, 0.05) is 42.3 Å². The number of thiazole rings is 1. The van der Waals surface area contributed by atoms with Gasteiger partial charge in [0.1, 0.15) is 0 Å². The van der Waals surface area contributed by atoms with Crippen LogP contribution in [0.3, 0.4) is 0 Å². The smallest absolute Gasteiger partial charge is 0.279 e. The Labute approximate surface area is 194 Å². The standard InChI is InChI=1S/C22H22Cl2N4O2S/c1-27(2)10-9-25-20(29)16-5-3-15(4-6-16)14-28-11-12-31-22(28)26-21(30)17-7-8-18(23)19(24)13-17/h3-8,11-13H,9-10,14H2,1-2H3,(H,25,29). The van der Waals surface area contributed by atoms with Crippen molar-refractivity contribution in [3.63, 3.8) is 0 Å². The molecule has 0 spiro atoms. The predicted octanol–water partition coefficient (Wildman–Crippen LogP) is 3.94. The van der Waals surface area contributed by atoms with Crippen LogP contribution in [0.4, 0.5) is 0 Å². The monoisotopic (exact) mass is 476 g/mol. The molecule has 0 saturated heterocycles. The summed E-state index contributed by atoms with van der Waals surface area (Å²) in [4.78, 5) is 31.5. The van der Waals surface area contributed by atoms with Crippen LogP contribution in [0.1, 0.15) is 26.3 Å². The minimum atomic E-state index is -0.389. The molecule has 31 heavy (non-hydrogen) atoms. The summed E-state index contributed by atoms with van der Waals surface area (Å²) in [7, 11) is 3.92. The van der Waals surface area contributed by atoms with E-state index >= 15 is 0 Å². The van der Waals surface area contributed by atoms with Gasteiger partial charge in [-0.25, -0.2) is 0 Å². The highest BCUT2D eigenvalue weighted by atomic mass is 35.5. The molecule has 3 rings (SSSR count). The van der Waals surface area contributed by atoms with Gasteiger partial charge in [-0.1, -0.05) is 35.3 Å². The zero-order chi connectivity index (χ0) is 22.4. The second-order valence-electron chi connectivity index (χ2n) is 7.12. The van der Waals surface area contributed by atoms with Crippen molar-refractivity contribution in [3.05, 3.63) is 85.6 Å². The number of hydrogen-bond donors (Lipinski definition) is 1. The predicted molar refractivity (Wildman–Crippen MR) is 125 cm³/mol. The Kier molecular flexibility index (Phi) is 8.03. The summed E-state index contributed by atoms with van der Waals surface area (Å²) in [5, 5.41) is 5.46. The number of hydrogen-bond acceptors (Lipinski definition) is 4. The molecule has 0 atom stereocenters. The second-order valence-corrected chi connectivity index (χ2v) is 8.80. The molecule has 9 heteroatoms. The Morgan fingerprint density at radius 2 is 1.77 bits per heavy atom. The number of aromatic nitrogens is 1. The van der Waals surface area contributed by atoms with Gasteiger partial charge >= 0.3 is 0 Å². The van der Waals surface area contributed by atoms with Gasteiger partial charge in [0.05, 0.1) is 10.0 Å². The highest BCUT2D eigenvalue weighted by Gasteiger charge is 2.09. The van der Waals surface area contributed by atoms with Crippen LogP contribution >= 0.6 is 34.5 Å². The van der Waals surface area contributed by atoms with E-state index in [1.807, 2.05) is 47.3 Å². The van der Waals surface area contributed by atoms with E-state index in [1.54, 1.807) is 24.3 Å². The van der Waals surface area contributed by atoms with Crippen LogP contribution in [0.2, 0.25) is 10.0 Å². The van der Waals surface area contributed by atoms with Crippen molar-refractivity contribution in [2.45, 2.75) is 6.54 Å². The third-order valence-electron chi connectivity index (χ3n) is 4.44. The number of rotatable bonds is 7. The molecule has 0 radical (unpaired) electrons. The topological polar surface area (TPSA) is 66.7 Å². The summed E-state index contributed by atoms with van der Waals surface area (Å²) >= 11 is 13.3. The quantitative estimate of drug-likeness (QED) is 0.561. The van der Waals surface area contributed by atoms with E-state index in [0.29, 0.717) is 39.1 Å². The van der Waals surface area contributed by atoms with Gasteiger partial charge in [0.15, 0.2) is 4.80 Å². The SMILES string of the molecule is CN(C)CCNC(=O)c1ccc(Cn2ccsc2=NC(=O)c2ccc(Cl)c(Cl)c2)cc1. The van der Waals surface area contributed by atoms with Crippen molar-refractivity contribution in [2.75, 3.05) is 27.2 Å². The maximum absolute atomic E-state index is 12.5. The van der Waals surface area contributed by atoms with Crippen molar-refractivity contribution in [1.82, 2.24) is 14.8 Å². The molecule has 6 nitrogen and oxygen atoms in total. The summed E-state index contributed by atoms with van der Waals surface area (Å²) in [5.41, 5.74) is 1.98. The highest BCUT2D eigenvalue weighted by molar-refractivity contribution is 7.07. The van der Waals surface area contributed by atoms with Crippen LogP contribution in [0.25, 0.3) is 0 Å². The number of carbonyl (C=O) groups excluding carboxylic acids is 2. The number of halogens is 2. The molecule has 162 valence electrons.